The number of nitrogens with two attached hydrogens (primary N) is 1. The Bertz CT molecular complexity index is 381. The van der Waals surface area contributed by atoms with Crippen LogP contribution in [0.2, 0.25) is 0 Å². The van der Waals surface area contributed by atoms with E-state index in [1.807, 2.05) is 12.1 Å². The first-order valence-corrected chi connectivity index (χ1v) is 6.11. The van der Waals surface area contributed by atoms with Gasteiger partial charge in [0.25, 0.3) is 0 Å². The number of anilines is 2. The molecule has 0 aromatic heterocycles. The van der Waals surface area contributed by atoms with Crippen LogP contribution in [0.15, 0.2) is 18.2 Å². The SMILES string of the molecule is COc1cccc2c1N(C)CCCN2CCN. The molecule has 0 fully saturated rings. The summed E-state index contributed by atoms with van der Waals surface area (Å²) >= 11 is 0. The molecule has 1 aromatic carbocycles. The topological polar surface area (TPSA) is 41.7 Å². The van der Waals surface area contributed by atoms with E-state index in [9.17, 15) is 0 Å². The summed E-state index contributed by atoms with van der Waals surface area (Å²) in [5, 5.41) is 0. The summed E-state index contributed by atoms with van der Waals surface area (Å²) in [4.78, 5) is 4.62. The van der Waals surface area contributed by atoms with Gasteiger partial charge in [-0.3, -0.25) is 0 Å². The Morgan fingerprint density at radius 1 is 1.35 bits per heavy atom. The van der Waals surface area contributed by atoms with Gasteiger partial charge in [-0.05, 0) is 18.6 Å². The Balaban J connectivity index is 2.45. The molecule has 1 aliphatic rings. The predicted octanol–water partition coefficient (Wildman–Crippen LogP) is 1.30. The molecule has 0 bridgehead atoms. The second kappa shape index (κ2) is 5.27. The summed E-state index contributed by atoms with van der Waals surface area (Å²) in [7, 11) is 3.84. The number of ether oxygens (including phenoxy) is 1. The lowest BCUT2D eigenvalue weighted by Crippen LogP contribution is -2.29. The van der Waals surface area contributed by atoms with Crippen molar-refractivity contribution in [3.8, 4) is 5.75 Å². The van der Waals surface area contributed by atoms with E-state index in [1.165, 1.54) is 11.4 Å². The highest BCUT2D eigenvalue weighted by molar-refractivity contribution is 5.78. The number of hydrogen-bond donors (Lipinski definition) is 1. The van der Waals surface area contributed by atoms with Gasteiger partial charge in [-0.15, -0.1) is 0 Å². The first-order chi connectivity index (χ1) is 8.27. The van der Waals surface area contributed by atoms with E-state index in [-0.39, 0.29) is 0 Å². The Hall–Kier alpha value is -1.42. The molecule has 1 aromatic rings. The third kappa shape index (κ3) is 2.31. The number of rotatable bonds is 3. The van der Waals surface area contributed by atoms with Crippen LogP contribution in [-0.4, -0.2) is 40.3 Å². The molecule has 94 valence electrons. The number of para-hydroxylation sites is 1. The van der Waals surface area contributed by atoms with Gasteiger partial charge in [-0.1, -0.05) is 6.07 Å². The van der Waals surface area contributed by atoms with Crippen molar-refractivity contribution in [3.63, 3.8) is 0 Å². The van der Waals surface area contributed by atoms with Crippen LogP contribution in [0.4, 0.5) is 11.4 Å². The Morgan fingerprint density at radius 3 is 2.88 bits per heavy atom. The van der Waals surface area contributed by atoms with Gasteiger partial charge in [-0.2, -0.15) is 0 Å². The number of hydrogen-bond acceptors (Lipinski definition) is 4. The van der Waals surface area contributed by atoms with E-state index in [0.717, 1.165) is 31.8 Å². The van der Waals surface area contributed by atoms with Crippen LogP contribution in [0.25, 0.3) is 0 Å². The number of nitrogens with zero attached hydrogens (tertiary/aromatic N) is 2. The number of benzene rings is 1. The lowest BCUT2D eigenvalue weighted by molar-refractivity contribution is 0.415. The van der Waals surface area contributed by atoms with Crippen molar-refractivity contribution in [2.75, 3.05) is 50.1 Å². The van der Waals surface area contributed by atoms with Gasteiger partial charge >= 0.3 is 0 Å². The van der Waals surface area contributed by atoms with Crippen LogP contribution in [-0.2, 0) is 0 Å². The first-order valence-electron chi connectivity index (χ1n) is 6.11. The van der Waals surface area contributed by atoms with E-state index in [2.05, 4.69) is 22.9 Å². The second-order valence-corrected chi connectivity index (χ2v) is 4.38. The lowest BCUT2D eigenvalue weighted by atomic mass is 10.2. The highest BCUT2D eigenvalue weighted by Gasteiger charge is 2.21. The van der Waals surface area contributed by atoms with E-state index < -0.39 is 0 Å². The zero-order chi connectivity index (χ0) is 12.3. The third-order valence-electron chi connectivity index (χ3n) is 3.24. The fourth-order valence-electron chi connectivity index (χ4n) is 2.43. The molecule has 0 amide bonds. The molecule has 0 saturated heterocycles. The summed E-state index contributed by atoms with van der Waals surface area (Å²) in [6.07, 6.45) is 1.15. The highest BCUT2D eigenvalue weighted by atomic mass is 16.5. The Morgan fingerprint density at radius 2 is 2.18 bits per heavy atom. The molecule has 0 spiro atoms. The highest BCUT2D eigenvalue weighted by Crippen LogP contribution is 2.39. The van der Waals surface area contributed by atoms with E-state index in [0.29, 0.717) is 6.54 Å². The van der Waals surface area contributed by atoms with Crippen molar-refractivity contribution in [1.29, 1.82) is 0 Å². The molecule has 0 radical (unpaired) electrons. The zero-order valence-electron chi connectivity index (χ0n) is 10.6. The van der Waals surface area contributed by atoms with Crippen molar-refractivity contribution in [3.05, 3.63) is 18.2 Å². The van der Waals surface area contributed by atoms with Crippen LogP contribution in [0.3, 0.4) is 0 Å². The molecule has 17 heavy (non-hydrogen) atoms. The average molecular weight is 235 g/mol. The monoisotopic (exact) mass is 235 g/mol. The van der Waals surface area contributed by atoms with Gasteiger partial charge in [0.05, 0.1) is 12.8 Å². The molecule has 0 aliphatic carbocycles. The van der Waals surface area contributed by atoms with Crippen LogP contribution in [0.1, 0.15) is 6.42 Å². The quantitative estimate of drug-likeness (QED) is 0.857. The molecule has 1 aliphatic heterocycles. The summed E-state index contributed by atoms with van der Waals surface area (Å²) in [6.45, 7) is 3.69. The predicted molar refractivity (Wildman–Crippen MR) is 72.1 cm³/mol. The first kappa shape index (κ1) is 12.0. The third-order valence-corrected chi connectivity index (χ3v) is 3.24. The maximum Gasteiger partial charge on any atom is 0.144 e. The molecule has 0 atom stereocenters. The number of methoxy groups -OCH3 is 1. The van der Waals surface area contributed by atoms with E-state index in [4.69, 9.17) is 10.5 Å². The summed E-state index contributed by atoms with van der Waals surface area (Å²) in [5.74, 6) is 0.939. The van der Waals surface area contributed by atoms with Gasteiger partial charge in [-0.25, -0.2) is 0 Å². The molecule has 0 unspecified atom stereocenters. The van der Waals surface area contributed by atoms with Crippen LogP contribution >= 0.6 is 0 Å². The minimum absolute atomic E-state index is 0.681. The average Bonchev–Trinajstić information content (AvgIpc) is 2.51. The minimum Gasteiger partial charge on any atom is -0.495 e. The van der Waals surface area contributed by atoms with Gasteiger partial charge < -0.3 is 20.3 Å². The largest absolute Gasteiger partial charge is 0.495 e. The molecule has 0 saturated carbocycles. The smallest absolute Gasteiger partial charge is 0.144 e. The summed E-state index contributed by atoms with van der Waals surface area (Å²) in [5.41, 5.74) is 8.10. The van der Waals surface area contributed by atoms with Gasteiger partial charge in [0.15, 0.2) is 0 Å². The molecule has 1 heterocycles. The second-order valence-electron chi connectivity index (χ2n) is 4.38. The van der Waals surface area contributed by atoms with E-state index >= 15 is 0 Å². The van der Waals surface area contributed by atoms with Gasteiger partial charge in [0.2, 0.25) is 0 Å². The fourth-order valence-corrected chi connectivity index (χ4v) is 2.43. The van der Waals surface area contributed by atoms with Gasteiger partial charge in [0.1, 0.15) is 11.4 Å². The molecule has 2 rings (SSSR count). The Kier molecular flexibility index (Phi) is 3.74. The Labute approximate surface area is 103 Å². The lowest BCUT2D eigenvalue weighted by Gasteiger charge is -2.26. The van der Waals surface area contributed by atoms with Crippen molar-refractivity contribution in [2.24, 2.45) is 5.73 Å². The molecule has 4 nitrogen and oxygen atoms in total. The van der Waals surface area contributed by atoms with Crippen LogP contribution in [0.5, 0.6) is 5.75 Å². The van der Waals surface area contributed by atoms with Crippen LogP contribution in [0, 0.1) is 0 Å². The molecule has 4 heteroatoms. The normalized spacial score (nSPS) is 15.5. The molecule has 2 N–H and O–H groups in total. The molecular formula is C13H21N3O. The van der Waals surface area contributed by atoms with E-state index in [1.54, 1.807) is 7.11 Å². The van der Waals surface area contributed by atoms with Gasteiger partial charge in [0, 0.05) is 33.2 Å². The number of fused-ring (bicyclic) bond motifs is 1. The molecular weight excluding hydrogens is 214 g/mol. The fraction of sp³-hybridized carbons (Fsp3) is 0.538. The van der Waals surface area contributed by atoms with Crippen LogP contribution < -0.4 is 20.3 Å². The van der Waals surface area contributed by atoms with Crippen molar-refractivity contribution >= 4 is 11.4 Å². The van der Waals surface area contributed by atoms with Crippen molar-refractivity contribution in [2.45, 2.75) is 6.42 Å². The standard InChI is InChI=1S/C13H21N3O/c1-15-8-4-9-16(10-7-14)11-5-3-6-12(17-2)13(11)15/h3,5-6H,4,7-10,14H2,1-2H3. The maximum atomic E-state index is 5.69. The summed E-state index contributed by atoms with van der Waals surface area (Å²) < 4.78 is 5.47. The minimum atomic E-state index is 0.681. The maximum absolute atomic E-state index is 5.69. The van der Waals surface area contributed by atoms with Crippen molar-refractivity contribution in [1.82, 2.24) is 0 Å². The summed E-state index contributed by atoms with van der Waals surface area (Å²) in [6, 6.07) is 6.21. The van der Waals surface area contributed by atoms with Crippen molar-refractivity contribution < 1.29 is 4.74 Å². The zero-order valence-corrected chi connectivity index (χ0v) is 10.6.